The first kappa shape index (κ1) is 12.0. The van der Waals surface area contributed by atoms with Crippen LogP contribution in [0.1, 0.15) is 27.6 Å². The van der Waals surface area contributed by atoms with E-state index in [2.05, 4.69) is 0 Å². The minimum absolute atomic E-state index is 0.139. The molecule has 0 N–H and O–H groups in total. The van der Waals surface area contributed by atoms with E-state index in [1.807, 2.05) is 0 Å². The number of rotatable bonds is 4. The fraction of sp³-hybridized carbons (Fsp3) is 0.200. The Morgan fingerprint density at radius 3 is 2.00 bits per heavy atom. The second-order valence-electron chi connectivity index (χ2n) is 2.66. The van der Waals surface area contributed by atoms with Crippen LogP contribution in [0.25, 0.3) is 0 Å². The van der Waals surface area contributed by atoms with Crippen LogP contribution in [-0.2, 0) is 0 Å². The molecule has 5 heteroatoms. The smallest absolute Gasteiger partial charge is 0.256 e. The first-order valence-corrected chi connectivity index (χ1v) is 4.99. The summed E-state index contributed by atoms with van der Waals surface area (Å²) in [6, 6.07) is 4.47. The van der Waals surface area contributed by atoms with Crippen LogP contribution in [0.3, 0.4) is 0 Å². The number of hydrogen-bond donors (Lipinski definition) is 0. The highest BCUT2D eigenvalue weighted by Gasteiger charge is 2.17. The van der Waals surface area contributed by atoms with Gasteiger partial charge in [0, 0.05) is 0 Å². The van der Waals surface area contributed by atoms with Gasteiger partial charge in [-0.2, -0.15) is 0 Å². The second kappa shape index (κ2) is 5.14. The summed E-state index contributed by atoms with van der Waals surface area (Å²) in [4.78, 5) is 22.1. The zero-order valence-electron chi connectivity index (χ0n) is 7.92. The maximum Gasteiger partial charge on any atom is 0.256 e. The molecule has 0 unspecified atom stereocenters. The molecule has 0 radical (unpaired) electrons. The van der Waals surface area contributed by atoms with Crippen molar-refractivity contribution in [2.24, 2.45) is 0 Å². The Hall–Kier alpha value is -1.06. The minimum Gasteiger partial charge on any atom is -0.492 e. The van der Waals surface area contributed by atoms with Crippen LogP contribution < -0.4 is 4.74 Å². The van der Waals surface area contributed by atoms with Crippen LogP contribution >= 0.6 is 23.2 Å². The Morgan fingerprint density at radius 2 is 1.67 bits per heavy atom. The molecule has 0 saturated heterocycles. The van der Waals surface area contributed by atoms with E-state index in [4.69, 9.17) is 27.9 Å². The van der Waals surface area contributed by atoms with E-state index in [0.717, 1.165) is 0 Å². The SMILES string of the molecule is CCOc1c(C(=O)Cl)cccc1C(=O)Cl. The molecule has 1 aromatic rings. The maximum absolute atomic E-state index is 11.0. The highest BCUT2D eigenvalue weighted by Crippen LogP contribution is 2.26. The summed E-state index contributed by atoms with van der Waals surface area (Å²) in [5.74, 6) is 0.139. The van der Waals surface area contributed by atoms with Crippen LogP contribution in [0.5, 0.6) is 5.75 Å². The quantitative estimate of drug-likeness (QED) is 0.768. The zero-order chi connectivity index (χ0) is 11.4. The van der Waals surface area contributed by atoms with E-state index >= 15 is 0 Å². The summed E-state index contributed by atoms with van der Waals surface area (Å²) in [5, 5.41) is -1.36. The standard InChI is InChI=1S/C10H8Cl2O3/c1-2-15-8-6(9(11)13)4-3-5-7(8)10(12)14/h3-5H,2H2,1H3. The van der Waals surface area contributed by atoms with E-state index in [-0.39, 0.29) is 16.9 Å². The molecule has 1 aromatic carbocycles. The van der Waals surface area contributed by atoms with Crippen molar-refractivity contribution in [1.29, 1.82) is 0 Å². The summed E-state index contributed by atoms with van der Waals surface area (Å²) in [7, 11) is 0. The Morgan fingerprint density at radius 1 is 1.20 bits per heavy atom. The van der Waals surface area contributed by atoms with Gasteiger partial charge in [-0.1, -0.05) is 6.07 Å². The van der Waals surface area contributed by atoms with Crippen molar-refractivity contribution in [3.63, 3.8) is 0 Å². The molecule has 80 valence electrons. The monoisotopic (exact) mass is 246 g/mol. The summed E-state index contributed by atoms with van der Waals surface area (Å²) >= 11 is 10.7. The van der Waals surface area contributed by atoms with Crippen LogP contribution in [0, 0.1) is 0 Å². The summed E-state index contributed by atoms with van der Waals surface area (Å²) in [6.07, 6.45) is 0. The number of carbonyl (C=O) groups is 2. The molecule has 0 aromatic heterocycles. The normalized spacial score (nSPS) is 9.80. The predicted octanol–water partition coefficient (Wildman–Crippen LogP) is 2.84. The molecule has 0 aliphatic heterocycles. The fourth-order valence-corrected chi connectivity index (χ4v) is 1.44. The first-order chi connectivity index (χ1) is 7.07. The third-order valence-electron chi connectivity index (χ3n) is 1.73. The maximum atomic E-state index is 11.0. The number of carbonyl (C=O) groups excluding carboxylic acids is 2. The van der Waals surface area contributed by atoms with Gasteiger partial charge in [0.2, 0.25) is 0 Å². The molecule has 0 saturated carbocycles. The summed E-state index contributed by atoms with van der Waals surface area (Å²) in [6.45, 7) is 2.05. The molecule has 1 rings (SSSR count). The molecule has 15 heavy (non-hydrogen) atoms. The highest BCUT2D eigenvalue weighted by atomic mass is 35.5. The van der Waals surface area contributed by atoms with Crippen molar-refractivity contribution >= 4 is 33.7 Å². The Labute approximate surface area is 96.9 Å². The number of benzene rings is 1. The highest BCUT2D eigenvalue weighted by molar-refractivity contribution is 6.69. The van der Waals surface area contributed by atoms with Gasteiger partial charge < -0.3 is 4.74 Å². The molecule has 0 aliphatic carbocycles. The molecule has 3 nitrogen and oxygen atoms in total. The third kappa shape index (κ3) is 2.70. The van der Waals surface area contributed by atoms with E-state index in [1.165, 1.54) is 18.2 Å². The molecule has 0 aliphatic rings. The molecule has 0 fully saturated rings. The predicted molar refractivity (Wildman–Crippen MR) is 58.0 cm³/mol. The zero-order valence-corrected chi connectivity index (χ0v) is 9.43. The van der Waals surface area contributed by atoms with E-state index in [0.29, 0.717) is 6.61 Å². The topological polar surface area (TPSA) is 43.4 Å². The molecule has 0 atom stereocenters. The number of halogens is 2. The summed E-state index contributed by atoms with van der Waals surface area (Å²) < 4.78 is 5.18. The van der Waals surface area contributed by atoms with Gasteiger partial charge in [-0.25, -0.2) is 0 Å². The number of para-hydroxylation sites is 1. The van der Waals surface area contributed by atoms with E-state index in [1.54, 1.807) is 6.92 Å². The number of hydrogen-bond acceptors (Lipinski definition) is 3. The Kier molecular flexibility index (Phi) is 4.12. The van der Waals surface area contributed by atoms with Crippen molar-refractivity contribution in [2.45, 2.75) is 6.92 Å². The van der Waals surface area contributed by atoms with Crippen molar-refractivity contribution in [3.8, 4) is 5.75 Å². The molecular weight excluding hydrogens is 239 g/mol. The molecule has 0 spiro atoms. The lowest BCUT2D eigenvalue weighted by molar-refractivity contribution is 0.107. The van der Waals surface area contributed by atoms with Crippen molar-refractivity contribution < 1.29 is 14.3 Å². The van der Waals surface area contributed by atoms with E-state index in [9.17, 15) is 9.59 Å². The molecule has 0 heterocycles. The molecular formula is C10H8Cl2O3. The van der Waals surface area contributed by atoms with Gasteiger partial charge in [0.25, 0.3) is 10.5 Å². The van der Waals surface area contributed by atoms with Crippen molar-refractivity contribution in [1.82, 2.24) is 0 Å². The van der Waals surface area contributed by atoms with Gasteiger partial charge >= 0.3 is 0 Å². The van der Waals surface area contributed by atoms with Crippen molar-refractivity contribution in [2.75, 3.05) is 6.61 Å². The Bertz CT molecular complexity index is 369. The van der Waals surface area contributed by atoms with Gasteiger partial charge in [0.05, 0.1) is 17.7 Å². The average molecular weight is 247 g/mol. The lowest BCUT2D eigenvalue weighted by Gasteiger charge is -2.09. The second-order valence-corrected chi connectivity index (χ2v) is 3.35. The first-order valence-electron chi connectivity index (χ1n) is 4.23. The van der Waals surface area contributed by atoms with Crippen molar-refractivity contribution in [3.05, 3.63) is 29.3 Å². The van der Waals surface area contributed by atoms with Gasteiger partial charge in [-0.15, -0.1) is 0 Å². The van der Waals surface area contributed by atoms with Gasteiger partial charge in [0.1, 0.15) is 5.75 Å². The van der Waals surface area contributed by atoms with Gasteiger partial charge in [0.15, 0.2) is 0 Å². The van der Waals surface area contributed by atoms with E-state index < -0.39 is 10.5 Å². The molecule has 0 bridgehead atoms. The average Bonchev–Trinajstić information content (AvgIpc) is 2.17. The number of ether oxygens (including phenoxy) is 1. The summed E-state index contributed by atoms with van der Waals surface area (Å²) in [5.41, 5.74) is 0.287. The van der Waals surface area contributed by atoms with Crippen LogP contribution in [0.15, 0.2) is 18.2 Å². The van der Waals surface area contributed by atoms with Crippen LogP contribution in [0.4, 0.5) is 0 Å². The van der Waals surface area contributed by atoms with Crippen LogP contribution in [0.2, 0.25) is 0 Å². The Balaban J connectivity index is 3.34. The minimum atomic E-state index is -0.682. The third-order valence-corrected chi connectivity index (χ3v) is 2.13. The lowest BCUT2D eigenvalue weighted by Crippen LogP contribution is -2.04. The largest absolute Gasteiger partial charge is 0.492 e. The molecule has 0 amide bonds. The van der Waals surface area contributed by atoms with Crippen LogP contribution in [-0.4, -0.2) is 17.1 Å². The fourth-order valence-electron chi connectivity index (χ4n) is 1.15. The lowest BCUT2D eigenvalue weighted by atomic mass is 10.1. The van der Waals surface area contributed by atoms with Gasteiger partial charge in [-0.05, 0) is 42.3 Å². The van der Waals surface area contributed by atoms with Gasteiger partial charge in [-0.3, -0.25) is 9.59 Å².